The van der Waals surface area contributed by atoms with Crippen molar-refractivity contribution >= 4 is 11.6 Å². The number of fused-ring (bicyclic) bond motifs is 1. The van der Waals surface area contributed by atoms with E-state index in [2.05, 4.69) is 10.5 Å². The normalized spacial score (nSPS) is 15.5. The first-order valence-corrected chi connectivity index (χ1v) is 9.54. The van der Waals surface area contributed by atoms with Crippen LogP contribution in [0.15, 0.2) is 47.0 Å². The highest BCUT2D eigenvalue weighted by molar-refractivity contribution is 6.01. The first kappa shape index (κ1) is 18.4. The molecule has 1 saturated carbocycles. The summed E-state index contributed by atoms with van der Waals surface area (Å²) in [7, 11) is 3.16. The Morgan fingerprint density at radius 3 is 2.57 bits per heavy atom. The number of aromatic nitrogens is 1. The minimum Gasteiger partial charge on any atom is -0.493 e. The molecule has 8 heteroatoms. The molecule has 3 aromatic rings. The van der Waals surface area contributed by atoms with E-state index >= 15 is 0 Å². The van der Waals surface area contributed by atoms with Crippen molar-refractivity contribution in [2.24, 2.45) is 0 Å². The molecule has 1 aliphatic carbocycles. The molecule has 2 aliphatic rings. The van der Waals surface area contributed by atoms with Crippen LogP contribution >= 0.6 is 0 Å². The Hall–Kier alpha value is -3.68. The van der Waals surface area contributed by atoms with Gasteiger partial charge in [-0.2, -0.15) is 0 Å². The van der Waals surface area contributed by atoms with Gasteiger partial charge >= 0.3 is 0 Å². The average Bonchev–Trinajstić information content (AvgIpc) is 3.21. The molecule has 0 radical (unpaired) electrons. The maximum atomic E-state index is 13.0. The van der Waals surface area contributed by atoms with E-state index in [9.17, 15) is 4.79 Å². The summed E-state index contributed by atoms with van der Waals surface area (Å²) < 4.78 is 26.9. The second-order valence-corrected chi connectivity index (χ2v) is 7.25. The van der Waals surface area contributed by atoms with Crippen LogP contribution in [0.4, 0.5) is 5.69 Å². The maximum Gasteiger partial charge on any atom is 0.236 e. The first-order valence-electron chi connectivity index (χ1n) is 9.54. The van der Waals surface area contributed by atoms with E-state index < -0.39 is 5.41 Å². The van der Waals surface area contributed by atoms with E-state index in [4.69, 9.17) is 23.5 Å². The number of anilines is 1. The summed E-state index contributed by atoms with van der Waals surface area (Å²) >= 11 is 0. The molecule has 1 aromatic heterocycles. The molecule has 154 valence electrons. The standard InChI is InChI=1S/C22H20N2O6/c1-26-15-5-3-13(9-18(15)27-2)17-11-20(24-30-17)22(7-8-22)21(25)23-14-4-6-16-19(10-14)29-12-28-16/h3-6,9-11H,7-8,12H2,1-2H3,(H,23,25). The number of carbonyl (C=O) groups is 1. The SMILES string of the molecule is COc1ccc(-c2cc(C3(C(=O)Nc4ccc5c(c4)OCO5)CC3)no2)cc1OC. The van der Waals surface area contributed by atoms with Crippen LogP contribution in [0.2, 0.25) is 0 Å². The van der Waals surface area contributed by atoms with Gasteiger partial charge in [-0.1, -0.05) is 5.16 Å². The first-order chi connectivity index (χ1) is 14.6. The Morgan fingerprint density at radius 2 is 1.80 bits per heavy atom. The topological polar surface area (TPSA) is 92.1 Å². The van der Waals surface area contributed by atoms with Crippen LogP contribution in [-0.4, -0.2) is 32.1 Å². The largest absolute Gasteiger partial charge is 0.493 e. The molecule has 1 fully saturated rings. The molecule has 0 bridgehead atoms. The van der Waals surface area contributed by atoms with E-state index in [0.717, 1.165) is 5.56 Å². The van der Waals surface area contributed by atoms with Gasteiger partial charge in [0.25, 0.3) is 0 Å². The molecule has 0 unspecified atom stereocenters. The van der Waals surface area contributed by atoms with Crippen molar-refractivity contribution in [3.8, 4) is 34.3 Å². The lowest BCUT2D eigenvalue weighted by Gasteiger charge is -2.12. The highest BCUT2D eigenvalue weighted by atomic mass is 16.7. The van der Waals surface area contributed by atoms with Crippen molar-refractivity contribution in [3.05, 3.63) is 48.2 Å². The van der Waals surface area contributed by atoms with Crippen molar-refractivity contribution in [3.63, 3.8) is 0 Å². The lowest BCUT2D eigenvalue weighted by molar-refractivity contribution is -0.118. The Morgan fingerprint density at radius 1 is 1.00 bits per heavy atom. The zero-order valence-electron chi connectivity index (χ0n) is 16.6. The average molecular weight is 408 g/mol. The predicted molar refractivity (Wildman–Crippen MR) is 107 cm³/mol. The lowest BCUT2D eigenvalue weighted by Crippen LogP contribution is -2.28. The third kappa shape index (κ3) is 3.01. The zero-order valence-corrected chi connectivity index (χ0v) is 16.6. The van der Waals surface area contributed by atoms with Crippen molar-refractivity contribution < 1.29 is 28.3 Å². The van der Waals surface area contributed by atoms with Crippen LogP contribution in [0.5, 0.6) is 23.0 Å². The second-order valence-electron chi connectivity index (χ2n) is 7.25. The molecule has 2 heterocycles. The van der Waals surface area contributed by atoms with Crippen molar-refractivity contribution in [2.45, 2.75) is 18.3 Å². The van der Waals surface area contributed by atoms with Crippen molar-refractivity contribution in [2.75, 3.05) is 26.3 Å². The predicted octanol–water partition coefficient (Wildman–Crippen LogP) is 3.76. The molecule has 1 amide bonds. The Bertz CT molecular complexity index is 1120. The van der Waals surface area contributed by atoms with Crippen LogP contribution in [-0.2, 0) is 10.2 Å². The monoisotopic (exact) mass is 408 g/mol. The van der Waals surface area contributed by atoms with E-state index in [1.54, 1.807) is 38.5 Å². The molecule has 5 rings (SSSR count). The third-order valence-electron chi connectivity index (χ3n) is 5.48. The minimum absolute atomic E-state index is 0.117. The minimum atomic E-state index is -0.686. The summed E-state index contributed by atoms with van der Waals surface area (Å²) in [5.74, 6) is 2.96. The fraction of sp³-hybridized carbons (Fsp3) is 0.273. The molecule has 0 atom stereocenters. The summed E-state index contributed by atoms with van der Waals surface area (Å²) in [6.45, 7) is 0.189. The summed E-state index contributed by atoms with van der Waals surface area (Å²) in [6.07, 6.45) is 1.42. The number of hydrogen-bond acceptors (Lipinski definition) is 7. The molecular formula is C22H20N2O6. The highest BCUT2D eigenvalue weighted by Crippen LogP contribution is 2.49. The number of carbonyl (C=O) groups excluding carboxylic acids is 1. The molecular weight excluding hydrogens is 388 g/mol. The van der Waals surface area contributed by atoms with Gasteiger partial charge in [0, 0.05) is 23.4 Å². The zero-order chi connectivity index (χ0) is 20.7. The van der Waals surface area contributed by atoms with Gasteiger partial charge in [-0.25, -0.2) is 0 Å². The highest BCUT2D eigenvalue weighted by Gasteiger charge is 2.54. The molecule has 0 spiro atoms. The molecule has 1 aliphatic heterocycles. The van der Waals surface area contributed by atoms with E-state index in [1.165, 1.54) is 0 Å². The number of benzene rings is 2. The molecule has 0 saturated heterocycles. The van der Waals surface area contributed by atoms with Gasteiger partial charge < -0.3 is 28.8 Å². The quantitative estimate of drug-likeness (QED) is 0.664. The van der Waals surface area contributed by atoms with E-state index in [1.807, 2.05) is 18.2 Å². The van der Waals surface area contributed by atoms with Crippen molar-refractivity contribution in [1.29, 1.82) is 0 Å². The van der Waals surface area contributed by atoms with Crippen LogP contribution in [0.25, 0.3) is 11.3 Å². The molecule has 30 heavy (non-hydrogen) atoms. The van der Waals surface area contributed by atoms with Gasteiger partial charge in [-0.05, 0) is 43.2 Å². The number of ether oxygens (including phenoxy) is 4. The Kier molecular flexibility index (Phi) is 4.27. The Labute approximate surface area is 172 Å². The van der Waals surface area contributed by atoms with Crippen LogP contribution in [0.3, 0.4) is 0 Å². The summed E-state index contributed by atoms with van der Waals surface area (Å²) in [5.41, 5.74) is 1.37. The van der Waals surface area contributed by atoms with Gasteiger partial charge in [0.05, 0.1) is 25.3 Å². The van der Waals surface area contributed by atoms with Gasteiger partial charge in [0.2, 0.25) is 12.7 Å². The number of hydrogen-bond donors (Lipinski definition) is 1. The Balaban J connectivity index is 1.37. The number of methoxy groups -OCH3 is 2. The van der Waals surface area contributed by atoms with Crippen LogP contribution in [0, 0.1) is 0 Å². The maximum absolute atomic E-state index is 13.0. The van der Waals surface area contributed by atoms with Gasteiger partial charge in [0.1, 0.15) is 0 Å². The number of nitrogens with one attached hydrogen (secondary N) is 1. The van der Waals surface area contributed by atoms with Crippen LogP contribution in [0.1, 0.15) is 18.5 Å². The molecule has 2 aromatic carbocycles. The van der Waals surface area contributed by atoms with Gasteiger partial charge in [-0.3, -0.25) is 4.79 Å². The smallest absolute Gasteiger partial charge is 0.236 e. The van der Waals surface area contributed by atoms with Gasteiger partial charge in [0.15, 0.2) is 28.8 Å². The number of amides is 1. The fourth-order valence-corrected chi connectivity index (χ4v) is 3.58. The molecule has 8 nitrogen and oxygen atoms in total. The van der Waals surface area contributed by atoms with Crippen molar-refractivity contribution in [1.82, 2.24) is 5.16 Å². The van der Waals surface area contributed by atoms with E-state index in [0.29, 0.717) is 53.0 Å². The number of rotatable bonds is 6. The third-order valence-corrected chi connectivity index (χ3v) is 5.48. The van der Waals surface area contributed by atoms with Gasteiger partial charge in [-0.15, -0.1) is 0 Å². The summed E-state index contributed by atoms with van der Waals surface area (Å²) in [6, 6.07) is 12.6. The summed E-state index contributed by atoms with van der Waals surface area (Å²) in [4.78, 5) is 13.0. The molecule has 1 N–H and O–H groups in total. The van der Waals surface area contributed by atoms with Crippen LogP contribution < -0.4 is 24.3 Å². The fourth-order valence-electron chi connectivity index (χ4n) is 3.58. The summed E-state index contributed by atoms with van der Waals surface area (Å²) in [5, 5.41) is 7.16. The lowest BCUT2D eigenvalue weighted by atomic mass is 10.00. The number of nitrogens with zero attached hydrogens (tertiary/aromatic N) is 1. The van der Waals surface area contributed by atoms with E-state index in [-0.39, 0.29) is 12.7 Å². The second kappa shape index (κ2) is 6.98.